The normalized spacial score (nSPS) is 17.3. The first-order valence-corrected chi connectivity index (χ1v) is 10.5. The molecule has 154 valence electrons. The average molecular weight is 402 g/mol. The number of benzene rings is 2. The minimum atomic E-state index is -0.922. The summed E-state index contributed by atoms with van der Waals surface area (Å²) < 4.78 is 5.61. The number of aliphatic hydroxyl groups is 1. The number of carbonyl (C=O) groups excluding carboxylic acids is 1. The van der Waals surface area contributed by atoms with Crippen molar-refractivity contribution in [2.24, 2.45) is 5.92 Å². The van der Waals surface area contributed by atoms with E-state index in [4.69, 9.17) is 4.42 Å². The maximum Gasteiger partial charge on any atom is 0.255 e. The van der Waals surface area contributed by atoms with E-state index in [1.165, 1.54) is 0 Å². The van der Waals surface area contributed by atoms with Gasteiger partial charge in [-0.1, -0.05) is 30.3 Å². The van der Waals surface area contributed by atoms with Crippen molar-refractivity contribution in [3.8, 4) is 22.6 Å². The minimum Gasteiger partial charge on any atom is -0.441 e. The van der Waals surface area contributed by atoms with Crippen molar-refractivity contribution < 1.29 is 14.3 Å². The van der Waals surface area contributed by atoms with Crippen molar-refractivity contribution in [1.82, 2.24) is 9.88 Å². The van der Waals surface area contributed by atoms with Gasteiger partial charge in [-0.2, -0.15) is 0 Å². The summed E-state index contributed by atoms with van der Waals surface area (Å²) in [6.07, 6.45) is 3.85. The SMILES string of the molecule is Cc1cnc(-c2ccc(-c3cccc4c3C(=O)N(C(C3CC3)C(C)(C)O)C4)cc2)o1. The number of amides is 1. The van der Waals surface area contributed by atoms with Gasteiger partial charge in [0.2, 0.25) is 5.89 Å². The summed E-state index contributed by atoms with van der Waals surface area (Å²) in [5, 5.41) is 10.8. The van der Waals surface area contributed by atoms with E-state index in [2.05, 4.69) is 4.98 Å². The van der Waals surface area contributed by atoms with Gasteiger partial charge in [0, 0.05) is 12.1 Å². The highest BCUT2D eigenvalue weighted by Crippen LogP contribution is 2.44. The fraction of sp³-hybridized carbons (Fsp3) is 0.360. The molecule has 5 rings (SSSR count). The van der Waals surface area contributed by atoms with Crippen molar-refractivity contribution in [2.75, 3.05) is 0 Å². The quantitative estimate of drug-likeness (QED) is 0.664. The summed E-state index contributed by atoms with van der Waals surface area (Å²) in [5.41, 5.74) is 3.69. The van der Waals surface area contributed by atoms with E-state index in [-0.39, 0.29) is 11.9 Å². The number of carbonyl (C=O) groups is 1. The second kappa shape index (κ2) is 6.81. The lowest BCUT2D eigenvalue weighted by atomic mass is 9.92. The van der Waals surface area contributed by atoms with E-state index in [0.29, 0.717) is 18.4 Å². The topological polar surface area (TPSA) is 66.6 Å². The third-order valence-corrected chi connectivity index (χ3v) is 6.16. The Bertz CT molecular complexity index is 1100. The summed E-state index contributed by atoms with van der Waals surface area (Å²) in [6, 6.07) is 13.8. The number of rotatable bonds is 5. The third-order valence-electron chi connectivity index (χ3n) is 6.16. The van der Waals surface area contributed by atoms with Crippen molar-refractivity contribution >= 4 is 5.91 Å². The summed E-state index contributed by atoms with van der Waals surface area (Å²) in [6.45, 7) is 6.06. The molecule has 1 aromatic heterocycles. The Morgan fingerprint density at radius 2 is 1.83 bits per heavy atom. The molecule has 1 unspecified atom stereocenters. The molecule has 0 bridgehead atoms. The number of aryl methyl sites for hydroxylation is 1. The van der Waals surface area contributed by atoms with Crippen LogP contribution in [0.4, 0.5) is 0 Å². The summed E-state index contributed by atoms with van der Waals surface area (Å²) >= 11 is 0. The van der Waals surface area contributed by atoms with Gasteiger partial charge < -0.3 is 14.4 Å². The van der Waals surface area contributed by atoms with Gasteiger partial charge in [0.25, 0.3) is 5.91 Å². The van der Waals surface area contributed by atoms with Crippen molar-refractivity contribution in [2.45, 2.75) is 51.8 Å². The Labute approximate surface area is 176 Å². The van der Waals surface area contributed by atoms with Gasteiger partial charge in [-0.05, 0) is 68.4 Å². The van der Waals surface area contributed by atoms with Crippen molar-refractivity contribution in [3.05, 3.63) is 65.5 Å². The second-order valence-electron chi connectivity index (χ2n) is 9.06. The maximum atomic E-state index is 13.5. The van der Waals surface area contributed by atoms with Crippen LogP contribution in [0, 0.1) is 12.8 Å². The summed E-state index contributed by atoms with van der Waals surface area (Å²) in [5.74, 6) is 1.77. The van der Waals surface area contributed by atoms with Crippen LogP contribution in [0.2, 0.25) is 0 Å². The molecule has 2 aliphatic rings. The zero-order chi connectivity index (χ0) is 21.0. The Hall–Kier alpha value is -2.92. The predicted octanol–water partition coefficient (Wildman–Crippen LogP) is 4.82. The first-order valence-electron chi connectivity index (χ1n) is 10.5. The van der Waals surface area contributed by atoms with E-state index in [1.54, 1.807) is 6.20 Å². The van der Waals surface area contributed by atoms with E-state index >= 15 is 0 Å². The number of hydrogen-bond donors (Lipinski definition) is 1. The molecule has 30 heavy (non-hydrogen) atoms. The Morgan fingerprint density at radius 3 is 2.43 bits per heavy atom. The van der Waals surface area contributed by atoms with E-state index in [9.17, 15) is 9.90 Å². The van der Waals surface area contributed by atoms with Crippen LogP contribution in [-0.4, -0.2) is 32.5 Å². The van der Waals surface area contributed by atoms with Gasteiger partial charge in [-0.3, -0.25) is 4.79 Å². The summed E-state index contributed by atoms with van der Waals surface area (Å²) in [4.78, 5) is 19.7. The molecule has 0 spiro atoms. The molecule has 1 aliphatic heterocycles. The lowest BCUT2D eigenvalue weighted by Gasteiger charge is -2.37. The van der Waals surface area contributed by atoms with E-state index in [1.807, 2.05) is 68.1 Å². The van der Waals surface area contributed by atoms with Gasteiger partial charge in [0.1, 0.15) is 5.76 Å². The molecular formula is C25H26N2O3. The van der Waals surface area contributed by atoms with Crippen molar-refractivity contribution in [1.29, 1.82) is 0 Å². The molecule has 1 saturated carbocycles. The minimum absolute atomic E-state index is 0.0204. The first-order chi connectivity index (χ1) is 14.3. The highest BCUT2D eigenvalue weighted by Gasteiger charge is 2.48. The molecule has 1 N–H and O–H groups in total. The number of aromatic nitrogens is 1. The molecule has 3 aromatic rings. The van der Waals surface area contributed by atoms with Crippen LogP contribution < -0.4 is 0 Å². The lowest BCUT2D eigenvalue weighted by molar-refractivity contribution is -0.0224. The van der Waals surface area contributed by atoms with Crippen LogP contribution in [0.25, 0.3) is 22.6 Å². The van der Waals surface area contributed by atoms with Crippen LogP contribution in [0.3, 0.4) is 0 Å². The fourth-order valence-corrected chi connectivity index (χ4v) is 4.75. The molecule has 2 heterocycles. The van der Waals surface area contributed by atoms with E-state index < -0.39 is 5.60 Å². The fourth-order valence-electron chi connectivity index (χ4n) is 4.75. The largest absolute Gasteiger partial charge is 0.441 e. The molecule has 0 radical (unpaired) electrons. The van der Waals surface area contributed by atoms with Crippen LogP contribution in [0.15, 0.2) is 53.1 Å². The second-order valence-corrected chi connectivity index (χ2v) is 9.06. The lowest BCUT2D eigenvalue weighted by Crippen LogP contribution is -2.51. The average Bonchev–Trinajstić information content (AvgIpc) is 3.35. The number of nitrogens with zero attached hydrogens (tertiary/aromatic N) is 2. The van der Waals surface area contributed by atoms with Gasteiger partial charge >= 0.3 is 0 Å². The van der Waals surface area contributed by atoms with Gasteiger partial charge in [0.15, 0.2) is 0 Å². The first kappa shape index (κ1) is 19.1. The molecular weight excluding hydrogens is 376 g/mol. The number of fused-ring (bicyclic) bond motifs is 1. The Morgan fingerprint density at radius 1 is 1.13 bits per heavy atom. The molecule has 1 fully saturated rings. The molecule has 2 aromatic carbocycles. The third kappa shape index (κ3) is 3.23. The molecule has 1 amide bonds. The molecule has 5 heteroatoms. The van der Waals surface area contributed by atoms with Gasteiger partial charge in [-0.15, -0.1) is 0 Å². The highest BCUT2D eigenvalue weighted by atomic mass is 16.4. The zero-order valence-electron chi connectivity index (χ0n) is 17.6. The van der Waals surface area contributed by atoms with Crippen LogP contribution in [0.5, 0.6) is 0 Å². The summed E-state index contributed by atoms with van der Waals surface area (Å²) in [7, 11) is 0. The Balaban J connectivity index is 1.49. The molecule has 1 atom stereocenters. The smallest absolute Gasteiger partial charge is 0.255 e. The Kier molecular flexibility index (Phi) is 4.33. The number of oxazole rings is 1. The van der Waals surface area contributed by atoms with Crippen LogP contribution in [0.1, 0.15) is 48.4 Å². The monoisotopic (exact) mass is 402 g/mol. The van der Waals surface area contributed by atoms with Gasteiger partial charge in [0.05, 0.1) is 23.4 Å². The van der Waals surface area contributed by atoms with Crippen LogP contribution in [-0.2, 0) is 6.54 Å². The number of hydrogen-bond acceptors (Lipinski definition) is 4. The standard InChI is InChI=1S/C25H26N2O3/c1-15-13-26-23(30-15)18-11-7-16(8-12-18)20-6-4-5-19-14-27(24(28)21(19)20)22(17-9-10-17)25(2,3)29/h4-8,11-13,17,22,29H,9-10,14H2,1-3H3. The maximum absolute atomic E-state index is 13.5. The molecule has 0 saturated heterocycles. The predicted molar refractivity (Wildman–Crippen MR) is 115 cm³/mol. The molecule has 5 nitrogen and oxygen atoms in total. The molecule has 1 aliphatic carbocycles. The van der Waals surface area contributed by atoms with Crippen LogP contribution >= 0.6 is 0 Å². The van der Waals surface area contributed by atoms with Crippen molar-refractivity contribution in [3.63, 3.8) is 0 Å². The van der Waals surface area contributed by atoms with Gasteiger partial charge in [-0.25, -0.2) is 4.98 Å². The highest BCUT2D eigenvalue weighted by molar-refractivity contribution is 6.04. The zero-order valence-corrected chi connectivity index (χ0v) is 17.6. The van der Waals surface area contributed by atoms with E-state index in [0.717, 1.165) is 46.4 Å².